The molecular weight excluding hydrogens is 292 g/mol. The van der Waals surface area contributed by atoms with Gasteiger partial charge in [0.1, 0.15) is 0 Å². The minimum absolute atomic E-state index is 0.0319. The van der Waals surface area contributed by atoms with E-state index in [1.54, 1.807) is 6.08 Å². The quantitative estimate of drug-likeness (QED) is 0.435. The van der Waals surface area contributed by atoms with Gasteiger partial charge < -0.3 is 0 Å². The molecule has 0 saturated heterocycles. The molecule has 0 saturated carbocycles. The first-order valence-electron chi connectivity index (χ1n) is 8.01. The van der Waals surface area contributed by atoms with Crippen LogP contribution in [0.1, 0.15) is 27.0 Å². The molecule has 0 heterocycles. The van der Waals surface area contributed by atoms with E-state index in [0.29, 0.717) is 0 Å². The van der Waals surface area contributed by atoms with E-state index in [1.165, 1.54) is 11.1 Å². The summed E-state index contributed by atoms with van der Waals surface area (Å²) in [6, 6.07) is 27.4. The Bertz CT molecular complexity index is 766. The lowest BCUT2D eigenvalue weighted by Crippen LogP contribution is -1.92. The predicted molar refractivity (Wildman–Crippen MR) is 102 cm³/mol. The minimum atomic E-state index is 0.0319. The molecule has 0 N–H and O–H groups in total. The summed E-state index contributed by atoms with van der Waals surface area (Å²) in [5, 5.41) is 0. The molecule has 0 spiro atoms. The fourth-order valence-electron chi connectivity index (χ4n) is 2.10. The van der Waals surface area contributed by atoms with Crippen molar-refractivity contribution >= 4 is 11.9 Å². The van der Waals surface area contributed by atoms with E-state index in [0.717, 1.165) is 11.1 Å². The van der Waals surface area contributed by atoms with Crippen LogP contribution >= 0.6 is 0 Å². The maximum atomic E-state index is 11.7. The van der Waals surface area contributed by atoms with Crippen molar-refractivity contribution < 1.29 is 4.79 Å². The Morgan fingerprint density at radius 2 is 1.12 bits per heavy atom. The molecule has 0 aliphatic carbocycles. The Morgan fingerprint density at radius 3 is 1.62 bits per heavy atom. The Kier molecular flexibility index (Phi) is 6.73. The van der Waals surface area contributed by atoms with Crippen molar-refractivity contribution in [2.45, 2.75) is 13.8 Å². The average molecular weight is 314 g/mol. The zero-order valence-electron chi connectivity index (χ0n) is 14.1. The molecule has 1 heteroatoms. The van der Waals surface area contributed by atoms with Gasteiger partial charge in [0.25, 0.3) is 0 Å². The third kappa shape index (κ3) is 5.69. The van der Waals surface area contributed by atoms with E-state index >= 15 is 0 Å². The van der Waals surface area contributed by atoms with E-state index in [4.69, 9.17) is 0 Å². The molecule has 0 bridgehead atoms. The molecule has 0 unspecified atom stereocenters. The third-order valence-corrected chi connectivity index (χ3v) is 3.71. The van der Waals surface area contributed by atoms with Gasteiger partial charge in [0, 0.05) is 5.56 Å². The van der Waals surface area contributed by atoms with E-state index in [2.05, 4.69) is 38.1 Å². The summed E-state index contributed by atoms with van der Waals surface area (Å²) in [4.78, 5) is 11.7. The van der Waals surface area contributed by atoms with E-state index in [1.807, 2.05) is 66.7 Å². The Balaban J connectivity index is 0.000000219. The molecule has 3 aromatic carbocycles. The molecule has 0 atom stereocenters. The number of carbonyl (C=O) groups excluding carboxylic acids is 1. The van der Waals surface area contributed by atoms with Gasteiger partial charge in [-0.3, -0.25) is 4.79 Å². The molecule has 0 fully saturated rings. The number of carbonyl (C=O) groups is 1. The van der Waals surface area contributed by atoms with Gasteiger partial charge >= 0.3 is 0 Å². The summed E-state index contributed by atoms with van der Waals surface area (Å²) in [7, 11) is 0. The molecule has 0 aromatic heterocycles. The van der Waals surface area contributed by atoms with E-state index in [9.17, 15) is 4.79 Å². The molecule has 0 radical (unpaired) electrons. The SMILES string of the molecule is Cc1ccccc1C.O=C(C=Cc1ccccc1)c1ccccc1. The van der Waals surface area contributed by atoms with Gasteiger partial charge in [0.05, 0.1) is 0 Å². The highest BCUT2D eigenvalue weighted by Crippen LogP contribution is 2.05. The van der Waals surface area contributed by atoms with Crippen LogP contribution in [0.4, 0.5) is 0 Å². The number of benzene rings is 3. The van der Waals surface area contributed by atoms with Gasteiger partial charge in [-0.2, -0.15) is 0 Å². The van der Waals surface area contributed by atoms with Crippen LogP contribution in [0.2, 0.25) is 0 Å². The highest BCUT2D eigenvalue weighted by atomic mass is 16.1. The second kappa shape index (κ2) is 9.26. The Morgan fingerprint density at radius 1 is 0.667 bits per heavy atom. The Labute approximate surface area is 144 Å². The van der Waals surface area contributed by atoms with Crippen LogP contribution in [0.3, 0.4) is 0 Å². The lowest BCUT2D eigenvalue weighted by molar-refractivity contribution is 0.104. The third-order valence-electron chi connectivity index (χ3n) is 3.71. The number of hydrogen-bond acceptors (Lipinski definition) is 1. The molecule has 3 rings (SSSR count). The monoisotopic (exact) mass is 314 g/mol. The summed E-state index contributed by atoms with van der Waals surface area (Å²) in [6.07, 6.45) is 3.43. The fraction of sp³-hybridized carbons (Fsp3) is 0.0870. The van der Waals surface area contributed by atoms with Gasteiger partial charge in [0.2, 0.25) is 0 Å². The molecule has 0 aliphatic rings. The second-order valence-corrected chi connectivity index (χ2v) is 5.56. The lowest BCUT2D eigenvalue weighted by Gasteiger charge is -1.94. The second-order valence-electron chi connectivity index (χ2n) is 5.56. The van der Waals surface area contributed by atoms with E-state index < -0.39 is 0 Å². The number of rotatable bonds is 3. The standard InChI is InChI=1S/C15H12O.C8H10/c16-15(14-9-5-2-6-10-14)12-11-13-7-3-1-4-8-13;1-7-5-3-4-6-8(7)2/h1-12H;3-6H,1-2H3. The lowest BCUT2D eigenvalue weighted by atomic mass is 10.1. The summed E-state index contributed by atoms with van der Waals surface area (Å²) in [5.74, 6) is 0.0319. The highest BCUT2D eigenvalue weighted by molar-refractivity contribution is 6.06. The van der Waals surface area contributed by atoms with Crippen LogP contribution in [0.15, 0.2) is 91.0 Å². The molecule has 0 aliphatic heterocycles. The molecule has 120 valence electrons. The van der Waals surface area contributed by atoms with Crippen LogP contribution < -0.4 is 0 Å². The number of allylic oxidation sites excluding steroid dienone is 1. The van der Waals surface area contributed by atoms with Crippen molar-refractivity contribution in [1.29, 1.82) is 0 Å². The average Bonchev–Trinajstić information content (AvgIpc) is 2.64. The van der Waals surface area contributed by atoms with Crippen molar-refractivity contribution in [3.05, 3.63) is 113 Å². The van der Waals surface area contributed by atoms with Crippen LogP contribution in [0.5, 0.6) is 0 Å². The molecule has 0 amide bonds. The van der Waals surface area contributed by atoms with Crippen molar-refractivity contribution in [2.24, 2.45) is 0 Å². The predicted octanol–water partition coefficient (Wildman–Crippen LogP) is 5.89. The fourth-order valence-corrected chi connectivity index (χ4v) is 2.10. The van der Waals surface area contributed by atoms with Crippen molar-refractivity contribution in [2.75, 3.05) is 0 Å². The van der Waals surface area contributed by atoms with Crippen LogP contribution in [0, 0.1) is 13.8 Å². The van der Waals surface area contributed by atoms with Crippen molar-refractivity contribution in [3.8, 4) is 0 Å². The van der Waals surface area contributed by atoms with Crippen LogP contribution in [-0.2, 0) is 0 Å². The number of ketones is 1. The summed E-state index contributed by atoms with van der Waals surface area (Å²) in [6.45, 7) is 4.24. The van der Waals surface area contributed by atoms with Crippen LogP contribution in [-0.4, -0.2) is 5.78 Å². The van der Waals surface area contributed by atoms with E-state index in [-0.39, 0.29) is 5.78 Å². The first-order valence-corrected chi connectivity index (χ1v) is 8.01. The van der Waals surface area contributed by atoms with Crippen molar-refractivity contribution in [1.82, 2.24) is 0 Å². The largest absolute Gasteiger partial charge is 0.289 e. The van der Waals surface area contributed by atoms with Crippen LogP contribution in [0.25, 0.3) is 6.08 Å². The summed E-state index contributed by atoms with van der Waals surface area (Å²) in [5.41, 5.74) is 4.49. The zero-order chi connectivity index (χ0) is 17.2. The summed E-state index contributed by atoms with van der Waals surface area (Å²) >= 11 is 0. The maximum absolute atomic E-state index is 11.7. The zero-order valence-corrected chi connectivity index (χ0v) is 14.1. The van der Waals surface area contributed by atoms with Gasteiger partial charge in [-0.25, -0.2) is 0 Å². The Hall–Kier alpha value is -2.93. The van der Waals surface area contributed by atoms with Gasteiger partial charge in [0.15, 0.2) is 5.78 Å². The molecular formula is C23H22O. The summed E-state index contributed by atoms with van der Waals surface area (Å²) < 4.78 is 0. The first-order chi connectivity index (χ1) is 11.7. The first kappa shape index (κ1) is 17.4. The molecule has 24 heavy (non-hydrogen) atoms. The van der Waals surface area contributed by atoms with Gasteiger partial charge in [-0.05, 0) is 36.6 Å². The van der Waals surface area contributed by atoms with Crippen molar-refractivity contribution in [3.63, 3.8) is 0 Å². The number of aryl methyl sites for hydroxylation is 2. The number of hydrogen-bond donors (Lipinski definition) is 0. The smallest absolute Gasteiger partial charge is 0.185 e. The topological polar surface area (TPSA) is 17.1 Å². The minimum Gasteiger partial charge on any atom is -0.289 e. The highest BCUT2D eigenvalue weighted by Gasteiger charge is 1.98. The molecule has 1 nitrogen and oxygen atoms in total. The van der Waals surface area contributed by atoms with Gasteiger partial charge in [-0.15, -0.1) is 0 Å². The maximum Gasteiger partial charge on any atom is 0.185 e. The molecule has 3 aromatic rings. The normalized spacial score (nSPS) is 10.1. The van der Waals surface area contributed by atoms with Gasteiger partial charge in [-0.1, -0.05) is 91.0 Å².